The molecule has 9 heteroatoms. The first-order valence-electron chi connectivity index (χ1n) is 9.37. The van der Waals surface area contributed by atoms with Crippen LogP contribution in [-0.4, -0.2) is 22.9 Å². The fraction of sp³-hybridized carbons (Fsp3) is 0.0870. The first kappa shape index (κ1) is 22.2. The zero-order valence-electron chi connectivity index (χ0n) is 17.2. The molecule has 0 amide bonds. The van der Waals surface area contributed by atoms with E-state index in [1.165, 1.54) is 25.3 Å². The summed E-state index contributed by atoms with van der Waals surface area (Å²) in [5, 5.41) is 22.1. The predicted molar refractivity (Wildman–Crippen MR) is 118 cm³/mol. The number of carbonyl (C=O) groups excluding carboxylic acids is 1. The minimum atomic E-state index is -0.692. The van der Waals surface area contributed by atoms with Crippen LogP contribution in [0.2, 0.25) is 0 Å². The summed E-state index contributed by atoms with van der Waals surface area (Å²) in [5.41, 5.74) is 1.28. The van der Waals surface area contributed by atoms with Gasteiger partial charge in [0.1, 0.15) is 0 Å². The van der Waals surface area contributed by atoms with Crippen molar-refractivity contribution in [3.05, 3.63) is 103 Å². The third kappa shape index (κ3) is 4.96. The van der Waals surface area contributed by atoms with Crippen LogP contribution in [0.15, 0.2) is 60.7 Å². The molecule has 0 saturated carbocycles. The standard InChI is InChI=1S/C23H18N2O7/c1-15-5-3-4-6-19(15)23(26)32-21-12-8-16(13-22(21)31-2)7-9-17-10-11-18(24(27)28)14-20(17)25(29)30/h3-14H,1-2H3. The second-order valence-electron chi connectivity index (χ2n) is 6.71. The van der Waals surface area contributed by atoms with Gasteiger partial charge in [0.15, 0.2) is 11.5 Å². The molecule has 0 bridgehead atoms. The van der Waals surface area contributed by atoms with E-state index < -0.39 is 15.8 Å². The van der Waals surface area contributed by atoms with Crippen LogP contribution < -0.4 is 9.47 Å². The van der Waals surface area contributed by atoms with Gasteiger partial charge < -0.3 is 9.47 Å². The van der Waals surface area contributed by atoms with Gasteiger partial charge in [-0.1, -0.05) is 30.3 Å². The number of carbonyl (C=O) groups is 1. The Morgan fingerprint density at radius 3 is 2.31 bits per heavy atom. The van der Waals surface area contributed by atoms with Crippen LogP contribution in [-0.2, 0) is 0 Å². The van der Waals surface area contributed by atoms with E-state index in [2.05, 4.69) is 0 Å². The average molecular weight is 434 g/mol. The topological polar surface area (TPSA) is 122 Å². The molecule has 0 unspecified atom stereocenters. The van der Waals surface area contributed by atoms with Crippen LogP contribution in [0.5, 0.6) is 11.5 Å². The highest BCUT2D eigenvalue weighted by molar-refractivity contribution is 5.93. The van der Waals surface area contributed by atoms with Crippen molar-refractivity contribution in [2.45, 2.75) is 6.92 Å². The second kappa shape index (κ2) is 9.52. The Kier molecular flexibility index (Phi) is 6.59. The second-order valence-corrected chi connectivity index (χ2v) is 6.71. The molecule has 9 nitrogen and oxygen atoms in total. The van der Waals surface area contributed by atoms with E-state index in [1.54, 1.807) is 49.4 Å². The fourth-order valence-corrected chi connectivity index (χ4v) is 2.96. The first-order valence-corrected chi connectivity index (χ1v) is 9.37. The zero-order valence-corrected chi connectivity index (χ0v) is 17.2. The van der Waals surface area contributed by atoms with Crippen molar-refractivity contribution in [1.82, 2.24) is 0 Å². The SMILES string of the molecule is COc1cc(C=Cc2ccc([N+](=O)[O-])cc2[N+](=O)[O-])ccc1OC(=O)c1ccccc1C. The zero-order chi connectivity index (χ0) is 23.3. The third-order valence-electron chi connectivity index (χ3n) is 4.63. The molecule has 0 aliphatic rings. The Hall–Kier alpha value is -4.53. The van der Waals surface area contributed by atoms with Crippen molar-refractivity contribution in [1.29, 1.82) is 0 Å². The number of hydrogen-bond donors (Lipinski definition) is 0. The molecule has 3 rings (SSSR count). The maximum absolute atomic E-state index is 12.5. The van der Waals surface area contributed by atoms with Gasteiger partial charge >= 0.3 is 5.97 Å². The highest BCUT2D eigenvalue weighted by atomic mass is 16.6. The molecule has 0 radical (unpaired) electrons. The molecule has 3 aromatic carbocycles. The maximum atomic E-state index is 12.5. The summed E-state index contributed by atoms with van der Waals surface area (Å²) in [6, 6.07) is 15.3. The van der Waals surface area contributed by atoms with Crippen LogP contribution in [0.1, 0.15) is 27.0 Å². The molecule has 0 N–H and O–H groups in total. The minimum absolute atomic E-state index is 0.203. The van der Waals surface area contributed by atoms with E-state index in [0.717, 1.165) is 11.6 Å². The van der Waals surface area contributed by atoms with E-state index in [-0.39, 0.29) is 22.7 Å². The van der Waals surface area contributed by atoms with Crippen LogP contribution in [0.4, 0.5) is 11.4 Å². The molecular weight excluding hydrogens is 416 g/mol. The first-order chi connectivity index (χ1) is 15.3. The van der Waals surface area contributed by atoms with Gasteiger partial charge in [-0.3, -0.25) is 20.2 Å². The summed E-state index contributed by atoms with van der Waals surface area (Å²) in [4.78, 5) is 33.2. The van der Waals surface area contributed by atoms with Gasteiger partial charge in [0.2, 0.25) is 0 Å². The molecular formula is C23H18N2O7. The van der Waals surface area contributed by atoms with Crippen LogP contribution in [0.25, 0.3) is 12.2 Å². The number of benzene rings is 3. The molecule has 0 aromatic heterocycles. The lowest BCUT2D eigenvalue weighted by Gasteiger charge is -2.11. The van der Waals surface area contributed by atoms with Crippen LogP contribution >= 0.6 is 0 Å². The number of esters is 1. The van der Waals surface area contributed by atoms with E-state index in [0.29, 0.717) is 16.9 Å². The largest absolute Gasteiger partial charge is 0.493 e. The number of ether oxygens (including phenoxy) is 2. The maximum Gasteiger partial charge on any atom is 0.343 e. The van der Waals surface area contributed by atoms with E-state index in [1.807, 2.05) is 6.07 Å². The van der Waals surface area contributed by atoms with Crippen molar-refractivity contribution in [3.63, 3.8) is 0 Å². The lowest BCUT2D eigenvalue weighted by atomic mass is 10.1. The predicted octanol–water partition coefficient (Wildman–Crippen LogP) is 5.21. The number of methoxy groups -OCH3 is 1. The van der Waals surface area contributed by atoms with Gasteiger partial charge in [-0.2, -0.15) is 0 Å². The van der Waals surface area contributed by atoms with Gasteiger partial charge in [-0.25, -0.2) is 4.79 Å². The molecule has 3 aromatic rings. The summed E-state index contributed by atoms with van der Waals surface area (Å²) < 4.78 is 10.8. The highest BCUT2D eigenvalue weighted by Gasteiger charge is 2.18. The number of aryl methyl sites for hydroxylation is 1. The monoisotopic (exact) mass is 434 g/mol. The summed E-state index contributed by atoms with van der Waals surface area (Å²) in [6.45, 7) is 1.80. The number of rotatable bonds is 7. The van der Waals surface area contributed by atoms with Gasteiger partial charge in [0.25, 0.3) is 11.4 Å². The normalized spacial score (nSPS) is 10.7. The van der Waals surface area contributed by atoms with Crippen molar-refractivity contribution >= 4 is 29.5 Å². The quantitative estimate of drug-likeness (QED) is 0.164. The molecule has 0 aliphatic carbocycles. The van der Waals surface area contributed by atoms with Gasteiger partial charge in [-0.15, -0.1) is 0 Å². The third-order valence-corrected chi connectivity index (χ3v) is 4.63. The summed E-state index contributed by atoms with van der Waals surface area (Å²) in [7, 11) is 1.43. The molecule has 32 heavy (non-hydrogen) atoms. The van der Waals surface area contributed by atoms with Crippen LogP contribution in [0, 0.1) is 27.2 Å². The number of hydrogen-bond acceptors (Lipinski definition) is 7. The van der Waals surface area contributed by atoms with E-state index in [4.69, 9.17) is 9.47 Å². The summed E-state index contributed by atoms with van der Waals surface area (Å²) >= 11 is 0. The van der Waals surface area contributed by atoms with Crippen molar-refractivity contribution in [3.8, 4) is 11.5 Å². The molecule has 0 fully saturated rings. The molecule has 0 heterocycles. The molecule has 0 spiro atoms. The highest BCUT2D eigenvalue weighted by Crippen LogP contribution is 2.31. The molecule has 0 saturated heterocycles. The number of nitro groups is 2. The average Bonchev–Trinajstić information content (AvgIpc) is 2.78. The Bertz CT molecular complexity index is 1230. The Morgan fingerprint density at radius 1 is 0.906 bits per heavy atom. The fourth-order valence-electron chi connectivity index (χ4n) is 2.96. The molecule has 162 valence electrons. The minimum Gasteiger partial charge on any atom is -0.493 e. The Morgan fingerprint density at radius 2 is 1.66 bits per heavy atom. The lowest BCUT2D eigenvalue weighted by Crippen LogP contribution is -2.10. The Labute approximate surface area is 182 Å². The smallest absolute Gasteiger partial charge is 0.343 e. The van der Waals surface area contributed by atoms with Gasteiger partial charge in [0.05, 0.1) is 34.1 Å². The number of non-ortho nitro benzene ring substituents is 1. The number of nitro benzene ring substituents is 2. The van der Waals surface area contributed by atoms with Gasteiger partial charge in [0, 0.05) is 6.07 Å². The van der Waals surface area contributed by atoms with Gasteiger partial charge in [-0.05, 0) is 48.4 Å². The van der Waals surface area contributed by atoms with Crippen LogP contribution in [0.3, 0.4) is 0 Å². The summed E-state index contributed by atoms with van der Waals surface area (Å²) in [6.07, 6.45) is 3.05. The molecule has 0 atom stereocenters. The van der Waals surface area contributed by atoms with Crippen molar-refractivity contribution in [2.75, 3.05) is 7.11 Å². The van der Waals surface area contributed by atoms with E-state index in [9.17, 15) is 25.0 Å². The number of nitrogens with zero attached hydrogens (tertiary/aromatic N) is 2. The molecule has 0 aliphatic heterocycles. The lowest BCUT2D eigenvalue weighted by molar-refractivity contribution is -0.394. The summed E-state index contributed by atoms with van der Waals surface area (Å²) in [5.74, 6) is -0.00213. The van der Waals surface area contributed by atoms with Crippen molar-refractivity contribution in [2.24, 2.45) is 0 Å². The van der Waals surface area contributed by atoms with E-state index >= 15 is 0 Å². The van der Waals surface area contributed by atoms with Crippen molar-refractivity contribution < 1.29 is 24.1 Å². The Balaban J connectivity index is 1.86.